The van der Waals surface area contributed by atoms with E-state index in [-0.39, 0.29) is 12.7 Å². The highest BCUT2D eigenvalue weighted by molar-refractivity contribution is 7.45. The Hall–Kier alpha value is -0.0100. The largest absolute Gasteiger partial charge is 0.756 e. The molecule has 1 heterocycles. The van der Waals surface area contributed by atoms with Crippen LogP contribution in [0.3, 0.4) is 0 Å². The van der Waals surface area contributed by atoms with E-state index in [4.69, 9.17) is 18.5 Å². The fourth-order valence-electron chi connectivity index (χ4n) is 4.87. The number of quaternary nitrogens is 1. The van der Waals surface area contributed by atoms with E-state index in [0.29, 0.717) is 32.7 Å². The van der Waals surface area contributed by atoms with Gasteiger partial charge in [-0.05, 0) is 25.7 Å². The van der Waals surface area contributed by atoms with E-state index < -0.39 is 13.4 Å². The fourth-order valence-corrected chi connectivity index (χ4v) is 5.95. The lowest BCUT2D eigenvalue weighted by molar-refractivity contribution is -0.858. The number of nitrogens with one attached hydrogen (secondary N) is 1. The summed E-state index contributed by atoms with van der Waals surface area (Å²) >= 11 is 0. The van der Waals surface area contributed by atoms with Crippen LogP contribution in [0.1, 0.15) is 129 Å². The fraction of sp³-hybridized carbons (Fsp3) is 1.00. The molecule has 0 aromatic heterocycles. The zero-order valence-electron chi connectivity index (χ0n) is 24.7. The molecule has 0 amide bonds. The Balaban J connectivity index is 2.11. The number of hydrogen-bond donors (Lipinski definition) is 1. The second kappa shape index (κ2) is 21.8. The molecule has 7 nitrogen and oxygen atoms in total. The molecule has 0 bridgehead atoms. The van der Waals surface area contributed by atoms with Crippen LogP contribution in [-0.2, 0) is 23.1 Å². The maximum atomic E-state index is 12.4. The number of phosphoric ester groups is 1. The van der Waals surface area contributed by atoms with Gasteiger partial charge in [0.2, 0.25) is 0 Å². The van der Waals surface area contributed by atoms with E-state index in [0.717, 1.165) is 25.8 Å². The SMILES string of the molecule is CCCCCCCCCCCCCCCCOCC1(COP(=O)([O-])OC(CC)CC[NH+](C)C)CCCO1. The molecule has 1 aliphatic heterocycles. The van der Waals surface area contributed by atoms with Crippen LogP contribution in [0.15, 0.2) is 0 Å². The zero-order valence-corrected chi connectivity index (χ0v) is 25.6. The van der Waals surface area contributed by atoms with Crippen LogP contribution in [-0.4, -0.2) is 58.8 Å². The van der Waals surface area contributed by atoms with E-state index in [2.05, 4.69) is 6.92 Å². The highest BCUT2D eigenvalue weighted by Crippen LogP contribution is 2.43. The van der Waals surface area contributed by atoms with Crippen molar-refractivity contribution >= 4 is 7.82 Å². The van der Waals surface area contributed by atoms with Crippen molar-refractivity contribution in [2.24, 2.45) is 0 Å². The van der Waals surface area contributed by atoms with Gasteiger partial charge in [0.25, 0.3) is 7.82 Å². The van der Waals surface area contributed by atoms with Crippen LogP contribution in [0.5, 0.6) is 0 Å². The van der Waals surface area contributed by atoms with Gasteiger partial charge in [-0.3, -0.25) is 4.57 Å². The van der Waals surface area contributed by atoms with Crippen LogP contribution in [0, 0.1) is 0 Å². The maximum Gasteiger partial charge on any atom is 0.268 e. The Morgan fingerprint density at radius 2 is 1.46 bits per heavy atom. The Morgan fingerprint density at radius 3 is 1.95 bits per heavy atom. The second-order valence-corrected chi connectivity index (χ2v) is 12.7. The quantitative estimate of drug-likeness (QED) is 0.108. The van der Waals surface area contributed by atoms with E-state index in [1.54, 1.807) is 0 Å². The molecule has 0 radical (unpaired) electrons. The molecule has 0 aromatic carbocycles. The third-order valence-corrected chi connectivity index (χ3v) is 8.38. The molecule has 1 saturated heterocycles. The molecular formula is C29H60NO6P. The average molecular weight is 550 g/mol. The molecule has 3 atom stereocenters. The van der Waals surface area contributed by atoms with Crippen LogP contribution < -0.4 is 9.79 Å². The predicted molar refractivity (Wildman–Crippen MR) is 150 cm³/mol. The number of ether oxygens (including phenoxy) is 2. The van der Waals surface area contributed by atoms with Crippen LogP contribution in [0.4, 0.5) is 0 Å². The van der Waals surface area contributed by atoms with Crippen molar-refractivity contribution in [1.29, 1.82) is 0 Å². The van der Waals surface area contributed by atoms with Gasteiger partial charge in [0.1, 0.15) is 5.60 Å². The highest BCUT2D eigenvalue weighted by atomic mass is 31.2. The monoisotopic (exact) mass is 549 g/mol. The van der Waals surface area contributed by atoms with Gasteiger partial charge in [-0.15, -0.1) is 0 Å². The molecule has 0 aliphatic carbocycles. The zero-order chi connectivity index (χ0) is 27.2. The minimum atomic E-state index is -4.39. The first-order chi connectivity index (χ1) is 17.8. The molecular weight excluding hydrogens is 489 g/mol. The molecule has 0 spiro atoms. The first kappa shape index (κ1) is 35.0. The van der Waals surface area contributed by atoms with E-state index >= 15 is 0 Å². The third-order valence-electron chi connectivity index (χ3n) is 7.38. The lowest BCUT2D eigenvalue weighted by Gasteiger charge is -2.33. The Morgan fingerprint density at radius 1 is 0.892 bits per heavy atom. The smallest absolute Gasteiger partial charge is 0.268 e. The van der Waals surface area contributed by atoms with Crippen molar-refractivity contribution in [3.05, 3.63) is 0 Å². The molecule has 1 aliphatic rings. The maximum absolute atomic E-state index is 12.4. The normalized spacial score (nSPS) is 20.5. The second-order valence-electron chi connectivity index (χ2n) is 11.4. The topological polar surface area (TPSA) is 81.5 Å². The summed E-state index contributed by atoms with van der Waals surface area (Å²) in [5.41, 5.74) is -0.686. The number of unbranched alkanes of at least 4 members (excludes halogenated alkanes) is 13. The van der Waals surface area contributed by atoms with Crippen molar-refractivity contribution in [1.82, 2.24) is 0 Å². The van der Waals surface area contributed by atoms with Crippen LogP contribution in [0.25, 0.3) is 0 Å². The summed E-state index contributed by atoms with van der Waals surface area (Å²) in [6, 6.07) is 0. The Kier molecular flexibility index (Phi) is 20.6. The molecule has 3 unspecified atom stereocenters. The lowest BCUT2D eigenvalue weighted by Crippen LogP contribution is -3.05. The number of hydrogen-bond acceptors (Lipinski definition) is 6. The molecule has 1 fully saturated rings. The molecule has 37 heavy (non-hydrogen) atoms. The number of rotatable bonds is 26. The standard InChI is InChI=1S/C29H60NO6P/c1-5-7-8-9-10-11-12-13-14-15-16-17-18-19-24-33-26-29(22-20-25-34-29)27-35-37(31,32)36-28(6-2)21-23-30(3)4/h28H,5-27H2,1-4H3,(H,31,32). The van der Waals surface area contributed by atoms with Crippen LogP contribution in [0.2, 0.25) is 0 Å². The van der Waals surface area contributed by atoms with Crippen molar-refractivity contribution in [2.75, 3.05) is 47.1 Å². The van der Waals surface area contributed by atoms with Gasteiger partial charge in [0.05, 0.1) is 40.0 Å². The lowest BCUT2D eigenvalue weighted by atomic mass is 10.0. The summed E-state index contributed by atoms with van der Waals surface area (Å²) in [7, 11) is -0.308. The van der Waals surface area contributed by atoms with Crippen LogP contribution >= 0.6 is 7.82 Å². The number of phosphoric acid groups is 1. The first-order valence-electron chi connectivity index (χ1n) is 15.5. The van der Waals surface area contributed by atoms with E-state index in [9.17, 15) is 9.46 Å². The summed E-state index contributed by atoms with van der Waals surface area (Å²) in [6.07, 6.45) is 21.3. The highest BCUT2D eigenvalue weighted by Gasteiger charge is 2.37. The minimum Gasteiger partial charge on any atom is -0.756 e. The van der Waals surface area contributed by atoms with Gasteiger partial charge in [0, 0.05) is 19.6 Å². The Bertz CT molecular complexity index is 571. The summed E-state index contributed by atoms with van der Waals surface area (Å²) in [5, 5.41) is 0. The molecule has 0 aromatic rings. The van der Waals surface area contributed by atoms with Gasteiger partial charge in [-0.2, -0.15) is 0 Å². The molecule has 0 saturated carbocycles. The summed E-state index contributed by atoms with van der Waals surface area (Å²) in [5.74, 6) is 0. The predicted octanol–water partition coefficient (Wildman–Crippen LogP) is 5.85. The molecule has 1 rings (SSSR count). The van der Waals surface area contributed by atoms with Gasteiger partial charge in [0.15, 0.2) is 0 Å². The van der Waals surface area contributed by atoms with E-state index in [1.807, 2.05) is 21.0 Å². The van der Waals surface area contributed by atoms with Gasteiger partial charge < -0.3 is 28.3 Å². The minimum absolute atomic E-state index is 0.0398. The summed E-state index contributed by atoms with van der Waals surface area (Å²) < 4.78 is 34.9. The van der Waals surface area contributed by atoms with Gasteiger partial charge >= 0.3 is 0 Å². The molecule has 1 N–H and O–H groups in total. The summed E-state index contributed by atoms with van der Waals surface area (Å²) in [6.45, 7) is 6.67. The van der Waals surface area contributed by atoms with Crippen molar-refractivity contribution in [3.63, 3.8) is 0 Å². The molecule has 8 heteroatoms. The van der Waals surface area contributed by atoms with Gasteiger partial charge in [-0.1, -0.05) is 97.3 Å². The average Bonchev–Trinajstić information content (AvgIpc) is 3.34. The third kappa shape index (κ3) is 18.8. The van der Waals surface area contributed by atoms with E-state index in [1.165, 1.54) is 88.4 Å². The molecule has 222 valence electrons. The van der Waals surface area contributed by atoms with Gasteiger partial charge in [-0.25, -0.2) is 0 Å². The first-order valence-corrected chi connectivity index (χ1v) is 16.9. The Labute approximate surface area is 229 Å². The van der Waals surface area contributed by atoms with Crippen molar-refractivity contribution in [2.45, 2.75) is 141 Å². The van der Waals surface area contributed by atoms with Crippen molar-refractivity contribution in [3.8, 4) is 0 Å². The van der Waals surface area contributed by atoms with Crippen molar-refractivity contribution < 1.29 is 32.9 Å². The summed E-state index contributed by atoms with van der Waals surface area (Å²) in [4.78, 5) is 13.7.